The van der Waals surface area contributed by atoms with Gasteiger partial charge in [0.2, 0.25) is 0 Å². The van der Waals surface area contributed by atoms with Gasteiger partial charge in [-0.1, -0.05) is 32.1 Å². The summed E-state index contributed by atoms with van der Waals surface area (Å²) in [7, 11) is 0. The number of likely N-dealkylation sites (tertiary alicyclic amines) is 1. The van der Waals surface area contributed by atoms with Crippen LogP contribution in [0.5, 0.6) is 0 Å². The fraction of sp³-hybridized carbons (Fsp3) is 0.708. The highest BCUT2D eigenvalue weighted by Gasteiger charge is 2.36. The van der Waals surface area contributed by atoms with Crippen LogP contribution >= 0.6 is 0 Å². The first-order valence-electron chi connectivity index (χ1n) is 11.9. The van der Waals surface area contributed by atoms with Crippen LogP contribution in [0.3, 0.4) is 0 Å². The van der Waals surface area contributed by atoms with E-state index in [1.165, 1.54) is 37.0 Å². The molecule has 2 heterocycles. The molecule has 1 N–H and O–H groups in total. The number of aromatic nitrogens is 1. The molecule has 1 saturated heterocycles. The molecule has 3 aliphatic rings. The summed E-state index contributed by atoms with van der Waals surface area (Å²) in [6, 6.07) is 0.991. The van der Waals surface area contributed by atoms with Crippen LogP contribution in [-0.4, -0.2) is 39.0 Å². The number of pyridine rings is 1. The molecular weight excluding hydrogens is 380 g/mol. The van der Waals surface area contributed by atoms with E-state index in [9.17, 15) is 19.5 Å². The van der Waals surface area contributed by atoms with Crippen LogP contribution in [0.4, 0.5) is 0 Å². The van der Waals surface area contributed by atoms with Gasteiger partial charge in [-0.2, -0.15) is 0 Å². The van der Waals surface area contributed by atoms with Crippen molar-refractivity contribution in [3.05, 3.63) is 33.2 Å². The third-order valence-electron chi connectivity index (χ3n) is 7.29. The van der Waals surface area contributed by atoms with Gasteiger partial charge in [-0.15, -0.1) is 0 Å². The van der Waals surface area contributed by atoms with E-state index in [4.69, 9.17) is 0 Å². The number of fused-ring (bicyclic) bond motifs is 1. The number of nitrogens with zero attached hydrogens (tertiary/aromatic N) is 2. The molecule has 1 saturated carbocycles. The van der Waals surface area contributed by atoms with Crippen molar-refractivity contribution in [2.45, 2.75) is 96.1 Å². The maximum Gasteiger partial charge on any atom is 0.326 e. The molecule has 2 fully saturated rings. The average Bonchev–Trinajstić information content (AvgIpc) is 3.22. The summed E-state index contributed by atoms with van der Waals surface area (Å²) in [6.45, 7) is 1.11. The molecule has 0 aromatic carbocycles. The van der Waals surface area contributed by atoms with Crippen molar-refractivity contribution in [3.8, 4) is 0 Å². The Morgan fingerprint density at radius 1 is 0.933 bits per heavy atom. The van der Waals surface area contributed by atoms with Crippen molar-refractivity contribution < 1.29 is 14.7 Å². The quantitative estimate of drug-likeness (QED) is 0.813. The molecule has 0 bridgehead atoms. The number of carboxylic acids is 1. The zero-order valence-corrected chi connectivity index (χ0v) is 17.9. The molecule has 0 unspecified atom stereocenters. The van der Waals surface area contributed by atoms with Gasteiger partial charge >= 0.3 is 5.97 Å². The zero-order valence-electron chi connectivity index (χ0n) is 17.9. The molecule has 1 aromatic rings. The van der Waals surface area contributed by atoms with E-state index in [1.807, 2.05) is 4.57 Å². The Morgan fingerprint density at radius 2 is 1.63 bits per heavy atom. The number of carbonyl (C=O) groups is 2. The first kappa shape index (κ1) is 21.1. The highest BCUT2D eigenvalue weighted by molar-refractivity contribution is 5.96. The summed E-state index contributed by atoms with van der Waals surface area (Å²) in [4.78, 5) is 39.9. The van der Waals surface area contributed by atoms with Gasteiger partial charge in [0.25, 0.3) is 11.5 Å². The van der Waals surface area contributed by atoms with E-state index in [0.717, 1.165) is 49.8 Å². The van der Waals surface area contributed by atoms with E-state index in [2.05, 4.69) is 0 Å². The molecule has 164 valence electrons. The first-order valence-corrected chi connectivity index (χ1v) is 11.9. The van der Waals surface area contributed by atoms with Crippen LogP contribution in [0, 0.1) is 5.92 Å². The second kappa shape index (κ2) is 9.36. The maximum absolute atomic E-state index is 13.6. The molecule has 0 radical (unpaired) electrons. The molecule has 1 aliphatic heterocycles. The molecule has 2 aliphatic carbocycles. The third-order valence-corrected chi connectivity index (χ3v) is 7.29. The Balaban J connectivity index is 1.73. The molecule has 6 heteroatoms. The number of amides is 1. The molecule has 1 aromatic heterocycles. The summed E-state index contributed by atoms with van der Waals surface area (Å²) in [5.41, 5.74) is 2.22. The van der Waals surface area contributed by atoms with E-state index < -0.39 is 17.9 Å². The fourth-order valence-corrected chi connectivity index (χ4v) is 5.63. The lowest BCUT2D eigenvalue weighted by Gasteiger charge is -2.27. The molecule has 4 rings (SSSR count). The minimum Gasteiger partial charge on any atom is -0.480 e. The molecule has 30 heavy (non-hydrogen) atoms. The second-order valence-electron chi connectivity index (χ2n) is 9.36. The van der Waals surface area contributed by atoms with E-state index in [1.54, 1.807) is 6.07 Å². The standard InChI is InChI=1S/C24H34N2O4/c27-22(25-14-8-13-21(25)24(29)30)19-15-18-11-6-1-2-7-12-20(18)26(23(19)28)16-17-9-4-3-5-10-17/h15,17,21H,1-14,16H2,(H,29,30)/t21-/m0/s1. The van der Waals surface area contributed by atoms with Gasteiger partial charge in [0.1, 0.15) is 11.6 Å². The van der Waals surface area contributed by atoms with Crippen molar-refractivity contribution >= 4 is 11.9 Å². The monoisotopic (exact) mass is 414 g/mol. The smallest absolute Gasteiger partial charge is 0.326 e. The minimum absolute atomic E-state index is 0.179. The number of hydrogen-bond donors (Lipinski definition) is 1. The van der Waals surface area contributed by atoms with Crippen LogP contribution in [0.1, 0.15) is 92.2 Å². The van der Waals surface area contributed by atoms with E-state index >= 15 is 0 Å². The Bertz CT molecular complexity index is 853. The molecule has 1 amide bonds. The molecular formula is C24H34N2O4. The number of aliphatic carboxylic acids is 1. The summed E-state index contributed by atoms with van der Waals surface area (Å²) in [6.07, 6.45) is 13.4. The lowest BCUT2D eigenvalue weighted by atomic mass is 9.88. The Labute approximate surface area is 178 Å². The van der Waals surface area contributed by atoms with Crippen molar-refractivity contribution in [1.29, 1.82) is 0 Å². The summed E-state index contributed by atoms with van der Waals surface area (Å²) in [5.74, 6) is -0.878. The number of rotatable bonds is 4. The van der Waals surface area contributed by atoms with Gasteiger partial charge in [0, 0.05) is 18.8 Å². The van der Waals surface area contributed by atoms with Gasteiger partial charge < -0.3 is 14.6 Å². The predicted octanol–water partition coefficient (Wildman–Crippen LogP) is 3.78. The van der Waals surface area contributed by atoms with Crippen molar-refractivity contribution in [2.75, 3.05) is 6.54 Å². The topological polar surface area (TPSA) is 79.6 Å². The normalized spacial score (nSPS) is 22.9. The van der Waals surface area contributed by atoms with Gasteiger partial charge in [-0.3, -0.25) is 9.59 Å². The highest BCUT2D eigenvalue weighted by atomic mass is 16.4. The van der Waals surface area contributed by atoms with Crippen LogP contribution < -0.4 is 5.56 Å². The summed E-state index contributed by atoms with van der Waals surface area (Å²) in [5, 5.41) is 9.50. The number of carboxylic acid groups (broad SMARTS) is 1. The Hall–Kier alpha value is -2.11. The van der Waals surface area contributed by atoms with Crippen LogP contribution in [0.15, 0.2) is 10.9 Å². The largest absolute Gasteiger partial charge is 0.480 e. The molecule has 6 nitrogen and oxygen atoms in total. The zero-order chi connectivity index (χ0) is 21.1. The lowest BCUT2D eigenvalue weighted by Crippen LogP contribution is -2.44. The third kappa shape index (κ3) is 4.33. The number of carbonyl (C=O) groups excluding carboxylic acids is 1. The Kier molecular flexibility index (Phi) is 6.59. The summed E-state index contributed by atoms with van der Waals surface area (Å²) < 4.78 is 1.91. The van der Waals surface area contributed by atoms with Gasteiger partial charge in [0.15, 0.2) is 0 Å². The van der Waals surface area contributed by atoms with Gasteiger partial charge in [-0.05, 0) is 68.9 Å². The van der Waals surface area contributed by atoms with Crippen LogP contribution in [0.25, 0.3) is 0 Å². The summed E-state index contributed by atoms with van der Waals surface area (Å²) >= 11 is 0. The van der Waals surface area contributed by atoms with Crippen LogP contribution in [-0.2, 0) is 24.2 Å². The number of hydrogen-bond acceptors (Lipinski definition) is 3. The van der Waals surface area contributed by atoms with Crippen molar-refractivity contribution in [3.63, 3.8) is 0 Å². The average molecular weight is 415 g/mol. The molecule has 1 atom stereocenters. The van der Waals surface area contributed by atoms with Crippen molar-refractivity contribution in [2.24, 2.45) is 5.92 Å². The highest BCUT2D eigenvalue weighted by Crippen LogP contribution is 2.28. The van der Waals surface area contributed by atoms with Gasteiger partial charge in [-0.25, -0.2) is 4.79 Å². The molecule has 0 spiro atoms. The predicted molar refractivity (Wildman–Crippen MR) is 115 cm³/mol. The first-order chi connectivity index (χ1) is 14.6. The fourth-order valence-electron chi connectivity index (χ4n) is 5.63. The van der Waals surface area contributed by atoms with E-state index in [-0.39, 0.29) is 11.1 Å². The van der Waals surface area contributed by atoms with Gasteiger partial charge in [0.05, 0.1) is 0 Å². The Morgan fingerprint density at radius 3 is 2.37 bits per heavy atom. The van der Waals surface area contributed by atoms with Crippen LogP contribution in [0.2, 0.25) is 0 Å². The minimum atomic E-state index is -0.977. The lowest BCUT2D eigenvalue weighted by molar-refractivity contribution is -0.141. The second-order valence-corrected chi connectivity index (χ2v) is 9.36. The maximum atomic E-state index is 13.6. The van der Waals surface area contributed by atoms with E-state index in [0.29, 0.717) is 31.8 Å². The SMILES string of the molecule is O=C(O)[C@@H]1CCCN1C(=O)c1cc2c(n(CC3CCCCC3)c1=O)CCCCCC2. The number of aryl methyl sites for hydroxylation is 1. The van der Waals surface area contributed by atoms with Crippen molar-refractivity contribution in [1.82, 2.24) is 9.47 Å².